The molecule has 0 saturated heterocycles. The van der Waals surface area contributed by atoms with E-state index in [0.29, 0.717) is 17.7 Å². The minimum absolute atomic E-state index is 0.0533. The molecule has 0 amide bonds. The fourth-order valence-electron chi connectivity index (χ4n) is 2.37. The maximum Gasteiger partial charge on any atom is 0.526 e. The normalized spacial score (nSPS) is 17.1. The van der Waals surface area contributed by atoms with Gasteiger partial charge in [-0.25, -0.2) is 4.79 Å². The Morgan fingerprint density at radius 1 is 1.50 bits per heavy atom. The molecule has 0 aromatic heterocycles. The van der Waals surface area contributed by atoms with Crippen molar-refractivity contribution in [2.45, 2.75) is 25.6 Å². The molecule has 20 heavy (non-hydrogen) atoms. The lowest BCUT2D eigenvalue weighted by Crippen LogP contribution is -2.35. The zero-order chi connectivity index (χ0) is 14.9. The summed E-state index contributed by atoms with van der Waals surface area (Å²) in [5.74, 6) is -1.04. The van der Waals surface area contributed by atoms with Crippen LogP contribution >= 0.6 is 0 Å². The van der Waals surface area contributed by atoms with Crippen LogP contribution in [0, 0.1) is 0 Å². The minimum Gasteiger partial charge on any atom is -0.535 e. The minimum atomic E-state index is -1.18. The molecule has 2 rings (SSSR count). The first-order chi connectivity index (χ1) is 9.42. The average Bonchev–Trinajstić information content (AvgIpc) is 2.37. The number of ketones is 1. The average molecular weight is 278 g/mol. The van der Waals surface area contributed by atoms with Gasteiger partial charge in [0.2, 0.25) is 0 Å². The summed E-state index contributed by atoms with van der Waals surface area (Å²) in [7, 11) is 0.261. The van der Waals surface area contributed by atoms with Gasteiger partial charge in [0.15, 0.2) is 0 Å². The summed E-state index contributed by atoms with van der Waals surface area (Å²) in [5.41, 5.74) is 0.568. The number of aromatic carboxylic acids is 1. The number of benzene rings is 1. The number of ether oxygens (including phenoxy) is 1. The molecule has 0 aliphatic carbocycles. The van der Waals surface area contributed by atoms with Gasteiger partial charge in [-0.15, -0.1) is 0 Å². The molecular weight excluding hydrogens is 263 g/mol. The number of hydrogen-bond acceptors (Lipinski definition) is 5. The fraction of sp³-hybridized carbons (Fsp3) is 0.385. The van der Waals surface area contributed by atoms with Gasteiger partial charge in [0.25, 0.3) is 0 Å². The van der Waals surface area contributed by atoms with Gasteiger partial charge in [0.1, 0.15) is 22.8 Å². The lowest BCUT2D eigenvalue weighted by atomic mass is 9.64. The second kappa shape index (κ2) is 5.54. The maximum absolute atomic E-state index is 11.2. The molecule has 1 atom stereocenters. The fourth-order valence-corrected chi connectivity index (χ4v) is 2.37. The van der Waals surface area contributed by atoms with Crippen LogP contribution in [0.4, 0.5) is 0 Å². The predicted octanol–water partition coefficient (Wildman–Crippen LogP) is 1.16. The zero-order valence-electron chi connectivity index (χ0n) is 11.3. The Bertz CT molecular complexity index is 556. The monoisotopic (exact) mass is 278 g/mol. The molecule has 1 aliphatic rings. The molecule has 2 N–H and O–H groups in total. The van der Waals surface area contributed by atoms with Crippen LogP contribution in [-0.4, -0.2) is 36.1 Å². The first-order valence-corrected chi connectivity index (χ1v) is 6.20. The zero-order valence-corrected chi connectivity index (χ0v) is 11.3. The summed E-state index contributed by atoms with van der Waals surface area (Å²) in [6, 6.07) is 3.01. The van der Waals surface area contributed by atoms with Crippen molar-refractivity contribution in [3.05, 3.63) is 23.3 Å². The van der Waals surface area contributed by atoms with Gasteiger partial charge >= 0.3 is 13.1 Å². The highest BCUT2D eigenvalue weighted by molar-refractivity contribution is 6.46. The van der Waals surface area contributed by atoms with Gasteiger partial charge in [0.05, 0.1) is 7.11 Å². The molecular formula is C13H15BO6. The Balaban J connectivity index is 2.42. The quantitative estimate of drug-likeness (QED) is 0.803. The summed E-state index contributed by atoms with van der Waals surface area (Å²) in [6.07, 6.45) is 0.549. The predicted molar refractivity (Wildman–Crippen MR) is 71.3 cm³/mol. The summed E-state index contributed by atoms with van der Waals surface area (Å²) in [5, 5.41) is 19.1. The summed E-state index contributed by atoms with van der Waals surface area (Å²) in [6.45, 7) is 1.44. The molecule has 7 heteroatoms. The van der Waals surface area contributed by atoms with Crippen molar-refractivity contribution < 1.29 is 29.1 Å². The number of Topliss-reactive ketones (excluding diaryl/α,β-unsaturated/α-hetero) is 1. The smallest absolute Gasteiger partial charge is 0.526 e. The highest BCUT2D eigenvalue weighted by atomic mass is 16.5. The van der Waals surface area contributed by atoms with Crippen LogP contribution < -0.4 is 9.39 Å². The third-order valence-electron chi connectivity index (χ3n) is 3.28. The number of carbonyl (C=O) groups excluding carboxylic acids is 1. The van der Waals surface area contributed by atoms with Crippen LogP contribution in [0.2, 0.25) is 5.82 Å². The molecule has 1 aliphatic heterocycles. The van der Waals surface area contributed by atoms with E-state index in [9.17, 15) is 19.7 Å². The van der Waals surface area contributed by atoms with Gasteiger partial charge in [-0.1, -0.05) is 0 Å². The number of methoxy groups -OCH3 is 1. The summed E-state index contributed by atoms with van der Waals surface area (Å²) < 4.78 is 10.4. The van der Waals surface area contributed by atoms with E-state index in [1.54, 1.807) is 6.07 Å². The van der Waals surface area contributed by atoms with Crippen LogP contribution in [0.3, 0.4) is 0 Å². The largest absolute Gasteiger partial charge is 0.535 e. The highest BCUT2D eigenvalue weighted by Gasteiger charge is 2.37. The standard InChI is InChI=1S/C13H15BO6/c1-7(15)3-9-4-8-5-10(19-2)6-11(13(16)17)12(8)20-14(9)18/h5-6,9,18H,3-4H2,1-2H3,(H,16,17)/t9-/m0/s1. The molecule has 0 fully saturated rings. The molecule has 106 valence electrons. The molecule has 0 unspecified atom stereocenters. The lowest BCUT2D eigenvalue weighted by molar-refractivity contribution is -0.117. The number of fused-ring (bicyclic) bond motifs is 1. The number of carbonyl (C=O) groups is 2. The Labute approximate surface area is 116 Å². The number of carboxylic acids is 1. The van der Waals surface area contributed by atoms with E-state index < -0.39 is 13.1 Å². The van der Waals surface area contributed by atoms with E-state index in [0.717, 1.165) is 0 Å². The van der Waals surface area contributed by atoms with E-state index in [4.69, 9.17) is 9.39 Å². The van der Waals surface area contributed by atoms with Crippen LogP contribution in [0.15, 0.2) is 12.1 Å². The van der Waals surface area contributed by atoms with Crippen molar-refractivity contribution in [3.8, 4) is 11.5 Å². The van der Waals surface area contributed by atoms with Crippen LogP contribution in [0.25, 0.3) is 0 Å². The Morgan fingerprint density at radius 3 is 2.75 bits per heavy atom. The van der Waals surface area contributed by atoms with Gasteiger partial charge in [-0.05, 0) is 31.0 Å². The van der Waals surface area contributed by atoms with E-state index in [-0.39, 0.29) is 29.3 Å². The van der Waals surface area contributed by atoms with Crippen molar-refractivity contribution in [2.24, 2.45) is 0 Å². The first-order valence-electron chi connectivity index (χ1n) is 6.20. The van der Waals surface area contributed by atoms with Gasteiger partial charge < -0.3 is 24.3 Å². The summed E-state index contributed by atoms with van der Waals surface area (Å²) in [4.78, 5) is 22.4. The molecule has 0 saturated carbocycles. The van der Waals surface area contributed by atoms with Crippen molar-refractivity contribution in [1.29, 1.82) is 0 Å². The van der Waals surface area contributed by atoms with Gasteiger partial charge in [0, 0.05) is 12.2 Å². The lowest BCUT2D eigenvalue weighted by Gasteiger charge is -2.28. The van der Waals surface area contributed by atoms with Crippen LogP contribution in [-0.2, 0) is 11.2 Å². The molecule has 1 aromatic rings. The Morgan fingerprint density at radius 2 is 2.20 bits per heavy atom. The number of carboxylic acid groups (broad SMARTS) is 1. The second-order valence-corrected chi connectivity index (χ2v) is 4.85. The number of hydrogen-bond donors (Lipinski definition) is 2. The van der Waals surface area contributed by atoms with Crippen molar-refractivity contribution in [1.82, 2.24) is 0 Å². The van der Waals surface area contributed by atoms with Crippen molar-refractivity contribution in [2.75, 3.05) is 7.11 Å². The topological polar surface area (TPSA) is 93.1 Å². The Kier molecular flexibility index (Phi) is 3.99. The third-order valence-corrected chi connectivity index (χ3v) is 3.28. The number of rotatable bonds is 4. The van der Waals surface area contributed by atoms with E-state index >= 15 is 0 Å². The third kappa shape index (κ3) is 2.77. The van der Waals surface area contributed by atoms with E-state index in [2.05, 4.69) is 0 Å². The van der Waals surface area contributed by atoms with Crippen LogP contribution in [0.5, 0.6) is 11.5 Å². The first kappa shape index (κ1) is 14.4. The summed E-state index contributed by atoms with van der Waals surface area (Å²) >= 11 is 0. The SMILES string of the molecule is COc1cc2c(c(C(=O)O)c1)OB(O)[C@@H](CC(C)=O)C2. The molecule has 0 spiro atoms. The van der Waals surface area contributed by atoms with Gasteiger partial charge in [-0.2, -0.15) is 0 Å². The van der Waals surface area contributed by atoms with E-state index in [1.807, 2.05) is 0 Å². The highest BCUT2D eigenvalue weighted by Crippen LogP contribution is 2.38. The molecule has 0 radical (unpaired) electrons. The van der Waals surface area contributed by atoms with Crippen LogP contribution in [0.1, 0.15) is 29.3 Å². The van der Waals surface area contributed by atoms with Crippen molar-refractivity contribution >= 4 is 18.9 Å². The van der Waals surface area contributed by atoms with Crippen molar-refractivity contribution in [3.63, 3.8) is 0 Å². The molecule has 1 aromatic carbocycles. The Hall–Kier alpha value is -2.02. The second-order valence-electron chi connectivity index (χ2n) is 4.85. The molecule has 1 heterocycles. The molecule has 0 bridgehead atoms. The van der Waals surface area contributed by atoms with Gasteiger partial charge in [-0.3, -0.25) is 0 Å². The maximum atomic E-state index is 11.2. The van der Waals surface area contributed by atoms with E-state index in [1.165, 1.54) is 20.1 Å². The molecule has 6 nitrogen and oxygen atoms in total.